The lowest BCUT2D eigenvalue weighted by Gasteiger charge is -2.19. The van der Waals surface area contributed by atoms with Crippen molar-refractivity contribution in [3.05, 3.63) is 22.2 Å². The van der Waals surface area contributed by atoms with E-state index in [-0.39, 0.29) is 5.38 Å². The third-order valence-electron chi connectivity index (χ3n) is 2.94. The van der Waals surface area contributed by atoms with Crippen molar-refractivity contribution in [2.75, 3.05) is 14.2 Å². The normalized spacial score (nSPS) is 14.2. The van der Waals surface area contributed by atoms with Crippen LogP contribution in [-0.2, 0) is 0 Å². The molecule has 0 saturated carbocycles. The van der Waals surface area contributed by atoms with Crippen LogP contribution in [0.2, 0.25) is 0 Å². The molecule has 0 amide bonds. The summed E-state index contributed by atoms with van der Waals surface area (Å²) in [6.07, 6.45) is 1.04. The van der Waals surface area contributed by atoms with Gasteiger partial charge in [-0.3, -0.25) is 0 Å². The Kier molecular flexibility index (Phi) is 5.60. The molecule has 2 nitrogen and oxygen atoms in total. The summed E-state index contributed by atoms with van der Waals surface area (Å²) in [6.45, 7) is 4.27. The van der Waals surface area contributed by atoms with Gasteiger partial charge in [-0.05, 0) is 23.6 Å². The lowest BCUT2D eigenvalue weighted by Crippen LogP contribution is -2.04. The molecular weight excluding hydrogens is 303 g/mol. The summed E-state index contributed by atoms with van der Waals surface area (Å²) in [5, 5.41) is -0.0332. The van der Waals surface area contributed by atoms with E-state index in [9.17, 15) is 0 Å². The Bertz CT molecular complexity index is 382. The van der Waals surface area contributed by atoms with Gasteiger partial charge in [0.05, 0.1) is 19.6 Å². The first-order valence-electron chi connectivity index (χ1n) is 5.60. The van der Waals surface area contributed by atoms with Gasteiger partial charge >= 0.3 is 0 Å². The predicted molar refractivity (Wildman–Crippen MR) is 75.3 cm³/mol. The van der Waals surface area contributed by atoms with Gasteiger partial charge in [-0.1, -0.05) is 36.2 Å². The van der Waals surface area contributed by atoms with Gasteiger partial charge in [-0.15, -0.1) is 11.6 Å². The Labute approximate surface area is 116 Å². The summed E-state index contributed by atoms with van der Waals surface area (Å²) >= 11 is 9.99. The van der Waals surface area contributed by atoms with Crippen molar-refractivity contribution in [3.63, 3.8) is 0 Å². The molecule has 1 aromatic carbocycles. The van der Waals surface area contributed by atoms with Crippen LogP contribution in [0.1, 0.15) is 31.2 Å². The monoisotopic (exact) mass is 320 g/mol. The molecule has 4 heteroatoms. The summed E-state index contributed by atoms with van der Waals surface area (Å²) in [7, 11) is 3.25. The molecule has 0 heterocycles. The van der Waals surface area contributed by atoms with Gasteiger partial charge in [-0.25, -0.2) is 0 Å². The minimum atomic E-state index is -0.0332. The highest BCUT2D eigenvalue weighted by Crippen LogP contribution is 2.41. The van der Waals surface area contributed by atoms with Crippen molar-refractivity contribution in [3.8, 4) is 11.5 Å². The van der Waals surface area contributed by atoms with Crippen LogP contribution in [0.3, 0.4) is 0 Å². The number of rotatable bonds is 5. The van der Waals surface area contributed by atoms with Gasteiger partial charge in [0.1, 0.15) is 0 Å². The van der Waals surface area contributed by atoms with Crippen LogP contribution in [0.5, 0.6) is 11.5 Å². The maximum Gasteiger partial charge on any atom is 0.161 e. The van der Waals surface area contributed by atoms with Crippen LogP contribution in [0.15, 0.2) is 16.6 Å². The van der Waals surface area contributed by atoms with E-state index in [1.807, 2.05) is 12.1 Å². The molecular formula is C13H18BrClO2. The van der Waals surface area contributed by atoms with Gasteiger partial charge in [0, 0.05) is 4.47 Å². The number of hydrogen-bond acceptors (Lipinski definition) is 2. The van der Waals surface area contributed by atoms with Gasteiger partial charge in [0.2, 0.25) is 0 Å². The molecule has 2 atom stereocenters. The van der Waals surface area contributed by atoms with Crippen LogP contribution in [0.25, 0.3) is 0 Å². The number of alkyl halides is 1. The minimum absolute atomic E-state index is 0.0332. The summed E-state index contributed by atoms with van der Waals surface area (Å²) in [4.78, 5) is 0. The van der Waals surface area contributed by atoms with Gasteiger partial charge in [-0.2, -0.15) is 0 Å². The molecule has 0 spiro atoms. The molecule has 0 aliphatic heterocycles. The lowest BCUT2D eigenvalue weighted by atomic mass is 9.98. The molecule has 0 aliphatic rings. The highest BCUT2D eigenvalue weighted by molar-refractivity contribution is 9.10. The Hall–Kier alpha value is -0.410. The molecule has 0 radical (unpaired) electrons. The summed E-state index contributed by atoms with van der Waals surface area (Å²) in [5.41, 5.74) is 1.04. The number of methoxy groups -OCH3 is 2. The molecule has 0 fully saturated rings. The van der Waals surface area contributed by atoms with Crippen molar-refractivity contribution < 1.29 is 9.47 Å². The summed E-state index contributed by atoms with van der Waals surface area (Å²) in [6, 6.07) is 3.83. The Morgan fingerprint density at radius 1 is 1.24 bits per heavy atom. The fraction of sp³-hybridized carbons (Fsp3) is 0.538. The standard InChI is InChI=1S/C13H18BrClO2/c1-5-8(2)13(15)9-6-11(16-3)12(17-4)7-10(9)14/h6-8,13H,5H2,1-4H3. The SMILES string of the molecule is CCC(C)C(Cl)c1cc(OC)c(OC)cc1Br. The first-order chi connectivity index (χ1) is 8.04. The minimum Gasteiger partial charge on any atom is -0.493 e. The molecule has 17 heavy (non-hydrogen) atoms. The third kappa shape index (κ3) is 3.29. The van der Waals surface area contributed by atoms with E-state index in [0.29, 0.717) is 17.4 Å². The van der Waals surface area contributed by atoms with E-state index in [4.69, 9.17) is 21.1 Å². The highest BCUT2D eigenvalue weighted by atomic mass is 79.9. The molecule has 1 aromatic rings. The zero-order valence-corrected chi connectivity index (χ0v) is 12.9. The van der Waals surface area contributed by atoms with Crippen LogP contribution < -0.4 is 9.47 Å². The largest absolute Gasteiger partial charge is 0.493 e. The summed E-state index contributed by atoms with van der Waals surface area (Å²) in [5.74, 6) is 1.82. The molecule has 0 saturated heterocycles. The molecule has 0 aliphatic carbocycles. The average Bonchev–Trinajstić information content (AvgIpc) is 2.36. The van der Waals surface area contributed by atoms with Crippen LogP contribution >= 0.6 is 27.5 Å². The fourth-order valence-electron chi connectivity index (χ4n) is 1.59. The van der Waals surface area contributed by atoms with E-state index in [1.54, 1.807) is 14.2 Å². The van der Waals surface area contributed by atoms with Crippen LogP contribution in [0.4, 0.5) is 0 Å². The molecule has 0 N–H and O–H groups in total. The van der Waals surface area contributed by atoms with E-state index < -0.39 is 0 Å². The zero-order valence-electron chi connectivity index (χ0n) is 10.6. The topological polar surface area (TPSA) is 18.5 Å². The highest BCUT2D eigenvalue weighted by Gasteiger charge is 2.20. The molecule has 96 valence electrons. The number of hydrogen-bond donors (Lipinski definition) is 0. The van der Waals surface area contributed by atoms with Crippen molar-refractivity contribution in [1.29, 1.82) is 0 Å². The number of benzene rings is 1. The van der Waals surface area contributed by atoms with E-state index in [2.05, 4.69) is 29.8 Å². The van der Waals surface area contributed by atoms with Gasteiger partial charge in [0.15, 0.2) is 11.5 Å². The quantitative estimate of drug-likeness (QED) is 0.726. The Morgan fingerprint density at radius 2 is 1.76 bits per heavy atom. The van der Waals surface area contributed by atoms with Crippen LogP contribution in [0, 0.1) is 5.92 Å². The first-order valence-corrected chi connectivity index (χ1v) is 6.83. The van der Waals surface area contributed by atoms with E-state index in [0.717, 1.165) is 16.5 Å². The Morgan fingerprint density at radius 3 is 2.24 bits per heavy atom. The van der Waals surface area contributed by atoms with Crippen LogP contribution in [-0.4, -0.2) is 14.2 Å². The van der Waals surface area contributed by atoms with Crippen molar-refractivity contribution >= 4 is 27.5 Å². The van der Waals surface area contributed by atoms with Gasteiger partial charge in [0.25, 0.3) is 0 Å². The van der Waals surface area contributed by atoms with E-state index >= 15 is 0 Å². The smallest absolute Gasteiger partial charge is 0.161 e. The average molecular weight is 322 g/mol. The predicted octanol–water partition coefficient (Wildman–Crippen LogP) is 4.79. The molecule has 2 unspecified atom stereocenters. The molecule has 0 bridgehead atoms. The maximum absolute atomic E-state index is 6.46. The second-order valence-electron chi connectivity index (χ2n) is 4.02. The number of halogens is 2. The summed E-state index contributed by atoms with van der Waals surface area (Å²) < 4.78 is 11.5. The molecule has 0 aromatic heterocycles. The fourth-order valence-corrected chi connectivity index (χ4v) is 2.65. The van der Waals surface area contributed by atoms with Gasteiger partial charge < -0.3 is 9.47 Å². The Balaban J connectivity index is 3.16. The van der Waals surface area contributed by atoms with Crippen molar-refractivity contribution in [2.24, 2.45) is 5.92 Å². The van der Waals surface area contributed by atoms with E-state index in [1.165, 1.54) is 0 Å². The maximum atomic E-state index is 6.46. The van der Waals surface area contributed by atoms with Crippen molar-refractivity contribution in [2.45, 2.75) is 25.6 Å². The zero-order chi connectivity index (χ0) is 13.0. The lowest BCUT2D eigenvalue weighted by molar-refractivity contribution is 0.354. The third-order valence-corrected chi connectivity index (χ3v) is 4.30. The second-order valence-corrected chi connectivity index (χ2v) is 5.34. The second kappa shape index (κ2) is 6.50. The van der Waals surface area contributed by atoms with Crippen molar-refractivity contribution in [1.82, 2.24) is 0 Å². The number of ether oxygens (including phenoxy) is 2. The molecule has 1 rings (SSSR count). The first kappa shape index (κ1) is 14.7.